The Bertz CT molecular complexity index is 618. The molecule has 104 valence electrons. The first-order valence-corrected chi connectivity index (χ1v) is 7.13. The molecule has 0 aliphatic carbocycles. The van der Waals surface area contributed by atoms with Crippen LogP contribution in [-0.4, -0.2) is 35.6 Å². The van der Waals surface area contributed by atoms with Crippen molar-refractivity contribution in [2.24, 2.45) is 5.92 Å². The van der Waals surface area contributed by atoms with Gasteiger partial charge in [-0.05, 0) is 22.8 Å². The molecule has 0 bridgehead atoms. The lowest BCUT2D eigenvalue weighted by atomic mass is 10.0. The molecular formula is C17H19NO2. The second-order valence-electron chi connectivity index (χ2n) is 5.49. The SMILES string of the molecule is O=C(Cc1cccc2ccccc12)N1CCC(CO)C1. The highest BCUT2D eigenvalue weighted by molar-refractivity contribution is 5.90. The van der Waals surface area contributed by atoms with E-state index in [1.807, 2.05) is 29.2 Å². The van der Waals surface area contributed by atoms with Gasteiger partial charge >= 0.3 is 0 Å². The molecule has 1 heterocycles. The normalized spacial score (nSPS) is 18.6. The fraction of sp³-hybridized carbons (Fsp3) is 0.353. The lowest BCUT2D eigenvalue weighted by molar-refractivity contribution is -0.129. The third kappa shape index (κ3) is 2.54. The highest BCUT2D eigenvalue weighted by atomic mass is 16.3. The molecule has 1 N–H and O–H groups in total. The molecule has 3 heteroatoms. The zero-order valence-electron chi connectivity index (χ0n) is 11.5. The van der Waals surface area contributed by atoms with Crippen LogP contribution in [0.15, 0.2) is 42.5 Å². The Kier molecular flexibility index (Phi) is 3.70. The number of benzene rings is 2. The second-order valence-corrected chi connectivity index (χ2v) is 5.49. The Morgan fingerprint density at radius 2 is 2.00 bits per heavy atom. The van der Waals surface area contributed by atoms with E-state index in [4.69, 9.17) is 5.11 Å². The fourth-order valence-corrected chi connectivity index (χ4v) is 2.93. The van der Waals surface area contributed by atoms with Crippen molar-refractivity contribution in [1.82, 2.24) is 4.90 Å². The first-order chi connectivity index (χ1) is 9.78. The van der Waals surface area contributed by atoms with Crippen LogP contribution < -0.4 is 0 Å². The number of aliphatic hydroxyl groups is 1. The minimum atomic E-state index is 0.164. The highest BCUT2D eigenvalue weighted by Gasteiger charge is 2.25. The van der Waals surface area contributed by atoms with E-state index in [2.05, 4.69) is 18.2 Å². The number of hydrogen-bond donors (Lipinski definition) is 1. The molecular weight excluding hydrogens is 250 g/mol. The van der Waals surface area contributed by atoms with Gasteiger partial charge in [0.25, 0.3) is 0 Å². The van der Waals surface area contributed by atoms with E-state index in [9.17, 15) is 4.79 Å². The van der Waals surface area contributed by atoms with Crippen molar-refractivity contribution in [2.45, 2.75) is 12.8 Å². The summed E-state index contributed by atoms with van der Waals surface area (Å²) in [5, 5.41) is 11.5. The number of likely N-dealkylation sites (tertiary alicyclic amines) is 1. The maximum atomic E-state index is 12.4. The standard InChI is InChI=1S/C17H19NO2/c19-12-13-8-9-18(11-13)17(20)10-15-6-3-5-14-4-1-2-7-16(14)15/h1-7,13,19H,8-12H2. The maximum Gasteiger partial charge on any atom is 0.227 e. The van der Waals surface area contributed by atoms with Gasteiger partial charge < -0.3 is 10.0 Å². The topological polar surface area (TPSA) is 40.5 Å². The Hall–Kier alpha value is -1.87. The van der Waals surface area contributed by atoms with Crippen molar-refractivity contribution in [3.05, 3.63) is 48.0 Å². The van der Waals surface area contributed by atoms with Gasteiger partial charge in [-0.1, -0.05) is 42.5 Å². The maximum absolute atomic E-state index is 12.4. The predicted octanol–water partition coefficient (Wildman–Crippen LogP) is 2.22. The van der Waals surface area contributed by atoms with Crippen LogP contribution in [0.3, 0.4) is 0 Å². The van der Waals surface area contributed by atoms with Crippen LogP contribution in [-0.2, 0) is 11.2 Å². The van der Waals surface area contributed by atoms with Crippen molar-refractivity contribution in [1.29, 1.82) is 0 Å². The van der Waals surface area contributed by atoms with Crippen LogP contribution in [0.2, 0.25) is 0 Å². The van der Waals surface area contributed by atoms with Crippen LogP contribution in [0.5, 0.6) is 0 Å². The molecule has 0 spiro atoms. The van der Waals surface area contributed by atoms with Gasteiger partial charge in [-0.3, -0.25) is 4.79 Å². The fourth-order valence-electron chi connectivity index (χ4n) is 2.93. The molecule has 2 aromatic rings. The average molecular weight is 269 g/mol. The van der Waals surface area contributed by atoms with E-state index in [0.29, 0.717) is 13.0 Å². The molecule has 1 aliphatic rings. The summed E-state index contributed by atoms with van der Waals surface area (Å²) >= 11 is 0. The number of carbonyl (C=O) groups is 1. The summed E-state index contributed by atoms with van der Waals surface area (Å²) in [4.78, 5) is 14.2. The van der Waals surface area contributed by atoms with Gasteiger partial charge in [0.1, 0.15) is 0 Å². The molecule has 0 saturated carbocycles. The molecule has 1 amide bonds. The van der Waals surface area contributed by atoms with Gasteiger partial charge in [-0.2, -0.15) is 0 Å². The third-order valence-corrected chi connectivity index (χ3v) is 4.12. The zero-order valence-corrected chi connectivity index (χ0v) is 11.5. The lowest BCUT2D eigenvalue weighted by Gasteiger charge is -2.17. The van der Waals surface area contributed by atoms with E-state index in [1.165, 1.54) is 5.39 Å². The van der Waals surface area contributed by atoms with E-state index in [1.54, 1.807) is 0 Å². The quantitative estimate of drug-likeness (QED) is 0.928. The van der Waals surface area contributed by atoms with Crippen molar-refractivity contribution in [3.8, 4) is 0 Å². The van der Waals surface area contributed by atoms with Crippen molar-refractivity contribution in [3.63, 3.8) is 0 Å². The summed E-state index contributed by atoms with van der Waals surface area (Å²) in [5.41, 5.74) is 1.08. The van der Waals surface area contributed by atoms with Crippen molar-refractivity contribution >= 4 is 16.7 Å². The molecule has 20 heavy (non-hydrogen) atoms. The minimum absolute atomic E-state index is 0.164. The molecule has 1 fully saturated rings. The second kappa shape index (κ2) is 5.63. The van der Waals surface area contributed by atoms with Gasteiger partial charge in [-0.25, -0.2) is 0 Å². The summed E-state index contributed by atoms with van der Waals surface area (Å²) in [6, 6.07) is 14.3. The molecule has 1 aliphatic heterocycles. The summed E-state index contributed by atoms with van der Waals surface area (Å²) in [7, 11) is 0. The first-order valence-electron chi connectivity index (χ1n) is 7.13. The van der Waals surface area contributed by atoms with Gasteiger partial charge in [0.05, 0.1) is 6.42 Å². The van der Waals surface area contributed by atoms with Crippen molar-refractivity contribution in [2.75, 3.05) is 19.7 Å². The largest absolute Gasteiger partial charge is 0.396 e. The Balaban J connectivity index is 1.78. The molecule has 2 aromatic carbocycles. The number of rotatable bonds is 3. The number of hydrogen-bond acceptors (Lipinski definition) is 2. The molecule has 1 atom stereocenters. The molecule has 1 unspecified atom stereocenters. The van der Waals surface area contributed by atoms with Crippen LogP contribution in [0, 0.1) is 5.92 Å². The number of nitrogens with zero attached hydrogens (tertiary/aromatic N) is 1. The lowest BCUT2D eigenvalue weighted by Crippen LogP contribution is -2.30. The monoisotopic (exact) mass is 269 g/mol. The van der Waals surface area contributed by atoms with Gasteiger partial charge in [-0.15, -0.1) is 0 Å². The van der Waals surface area contributed by atoms with Crippen molar-refractivity contribution < 1.29 is 9.90 Å². The average Bonchev–Trinajstić information content (AvgIpc) is 2.97. The number of fused-ring (bicyclic) bond motifs is 1. The van der Waals surface area contributed by atoms with E-state index in [0.717, 1.165) is 23.9 Å². The van der Waals surface area contributed by atoms with Crippen LogP contribution >= 0.6 is 0 Å². The van der Waals surface area contributed by atoms with E-state index >= 15 is 0 Å². The number of carbonyl (C=O) groups excluding carboxylic acids is 1. The smallest absolute Gasteiger partial charge is 0.227 e. The summed E-state index contributed by atoms with van der Waals surface area (Å²) in [6.07, 6.45) is 1.36. The van der Waals surface area contributed by atoms with Crippen LogP contribution in [0.4, 0.5) is 0 Å². The van der Waals surface area contributed by atoms with E-state index < -0.39 is 0 Å². The summed E-state index contributed by atoms with van der Waals surface area (Å²) in [6.45, 7) is 1.65. The molecule has 3 nitrogen and oxygen atoms in total. The third-order valence-electron chi connectivity index (χ3n) is 4.12. The molecule has 0 radical (unpaired) electrons. The number of amides is 1. The summed E-state index contributed by atoms with van der Waals surface area (Å²) in [5.74, 6) is 0.420. The van der Waals surface area contributed by atoms with E-state index in [-0.39, 0.29) is 18.4 Å². The molecule has 1 saturated heterocycles. The first kappa shape index (κ1) is 13.1. The van der Waals surface area contributed by atoms with Gasteiger partial charge in [0.2, 0.25) is 5.91 Å². The zero-order chi connectivity index (χ0) is 13.9. The molecule has 0 aromatic heterocycles. The predicted molar refractivity (Wildman–Crippen MR) is 79.4 cm³/mol. The van der Waals surface area contributed by atoms with Gasteiger partial charge in [0, 0.05) is 25.6 Å². The highest BCUT2D eigenvalue weighted by Crippen LogP contribution is 2.21. The summed E-state index contributed by atoms with van der Waals surface area (Å²) < 4.78 is 0. The Morgan fingerprint density at radius 1 is 1.20 bits per heavy atom. The number of aliphatic hydroxyl groups excluding tert-OH is 1. The van der Waals surface area contributed by atoms with Gasteiger partial charge in [0.15, 0.2) is 0 Å². The van der Waals surface area contributed by atoms with Crippen LogP contribution in [0.25, 0.3) is 10.8 Å². The Labute approximate surface area is 118 Å². The molecule has 3 rings (SSSR count). The van der Waals surface area contributed by atoms with Crippen LogP contribution in [0.1, 0.15) is 12.0 Å². The Morgan fingerprint density at radius 3 is 2.80 bits per heavy atom. The minimum Gasteiger partial charge on any atom is -0.396 e.